The Morgan fingerprint density at radius 3 is 2.48 bits per heavy atom. The van der Waals surface area contributed by atoms with Crippen LogP contribution in [-0.2, 0) is 21.4 Å². The summed E-state index contributed by atoms with van der Waals surface area (Å²) in [6.45, 7) is 1.97. The summed E-state index contributed by atoms with van der Waals surface area (Å²) in [6.07, 6.45) is 2.10. The van der Waals surface area contributed by atoms with Gasteiger partial charge in [0.05, 0.1) is 24.2 Å². The molecule has 0 radical (unpaired) electrons. The minimum absolute atomic E-state index is 0.261. The summed E-state index contributed by atoms with van der Waals surface area (Å²) >= 11 is 0. The number of amides is 1. The normalized spacial score (nSPS) is 12.3. The van der Waals surface area contributed by atoms with Gasteiger partial charge in [0.15, 0.2) is 6.10 Å². The first kappa shape index (κ1) is 18.7. The lowest BCUT2D eigenvalue weighted by atomic mass is 10.3. The van der Waals surface area contributed by atoms with Crippen molar-refractivity contribution < 1.29 is 17.9 Å². The van der Waals surface area contributed by atoms with Gasteiger partial charge in [-0.1, -0.05) is 6.07 Å². The lowest BCUT2D eigenvalue weighted by Crippen LogP contribution is -2.36. The van der Waals surface area contributed by atoms with Gasteiger partial charge in [0.1, 0.15) is 5.75 Å². The minimum Gasteiger partial charge on any atom is -0.481 e. The zero-order valence-corrected chi connectivity index (χ0v) is 15.2. The Kier molecular flexibility index (Phi) is 5.97. The highest BCUT2D eigenvalue weighted by Crippen LogP contribution is 2.21. The number of aromatic nitrogens is 1. The van der Waals surface area contributed by atoms with Crippen LogP contribution in [0.1, 0.15) is 12.6 Å². The number of benzene rings is 1. The van der Waals surface area contributed by atoms with Gasteiger partial charge in [0.2, 0.25) is 10.0 Å². The van der Waals surface area contributed by atoms with Crippen molar-refractivity contribution >= 4 is 21.6 Å². The van der Waals surface area contributed by atoms with Gasteiger partial charge >= 0.3 is 0 Å². The second-order valence-electron chi connectivity index (χ2n) is 5.52. The molecule has 2 rings (SSSR count). The SMILES string of the molecule is C[C@H](Oc1ccc(N(C)S(C)(=O)=O)cc1)C(=O)NCc1ccccn1. The molecule has 1 heterocycles. The molecule has 0 bridgehead atoms. The molecule has 1 aromatic heterocycles. The van der Waals surface area contributed by atoms with Crippen LogP contribution in [0.5, 0.6) is 5.75 Å². The van der Waals surface area contributed by atoms with Crippen LogP contribution in [-0.4, -0.2) is 38.7 Å². The number of nitrogens with one attached hydrogen (secondary N) is 1. The van der Waals surface area contributed by atoms with Crippen molar-refractivity contribution in [2.75, 3.05) is 17.6 Å². The maximum Gasteiger partial charge on any atom is 0.261 e. The molecular weight excluding hydrogens is 342 g/mol. The van der Waals surface area contributed by atoms with E-state index in [2.05, 4.69) is 10.3 Å². The third-order valence-corrected chi connectivity index (χ3v) is 4.76. The van der Waals surface area contributed by atoms with Gasteiger partial charge in [-0.3, -0.25) is 14.1 Å². The quantitative estimate of drug-likeness (QED) is 0.806. The first-order valence-corrected chi connectivity index (χ1v) is 9.50. The van der Waals surface area contributed by atoms with Crippen LogP contribution < -0.4 is 14.4 Å². The molecule has 0 aliphatic rings. The van der Waals surface area contributed by atoms with Crippen molar-refractivity contribution in [3.63, 3.8) is 0 Å². The zero-order chi connectivity index (χ0) is 18.4. The second-order valence-corrected chi connectivity index (χ2v) is 7.54. The van der Waals surface area contributed by atoms with E-state index in [1.807, 2.05) is 18.2 Å². The molecule has 2 aromatic rings. The van der Waals surface area contributed by atoms with E-state index < -0.39 is 16.1 Å². The summed E-state index contributed by atoms with van der Waals surface area (Å²) in [5.74, 6) is 0.217. The average molecular weight is 363 g/mol. The Labute approximate surface area is 147 Å². The molecule has 0 unspecified atom stereocenters. The maximum absolute atomic E-state index is 12.1. The van der Waals surface area contributed by atoms with Crippen LogP contribution in [0.25, 0.3) is 0 Å². The fourth-order valence-electron chi connectivity index (χ4n) is 2.01. The molecule has 0 fully saturated rings. The van der Waals surface area contributed by atoms with Gasteiger partial charge in [-0.15, -0.1) is 0 Å². The lowest BCUT2D eigenvalue weighted by molar-refractivity contribution is -0.127. The van der Waals surface area contributed by atoms with Crippen LogP contribution in [0.3, 0.4) is 0 Å². The molecule has 1 atom stereocenters. The standard InChI is InChI=1S/C17H21N3O4S/c1-13(17(21)19-12-14-6-4-5-11-18-14)24-16-9-7-15(8-10-16)20(2)25(3,22)23/h4-11,13H,12H2,1-3H3,(H,19,21)/t13-/m0/s1. The van der Waals surface area contributed by atoms with E-state index in [9.17, 15) is 13.2 Å². The summed E-state index contributed by atoms with van der Waals surface area (Å²) in [5, 5.41) is 2.75. The highest BCUT2D eigenvalue weighted by molar-refractivity contribution is 7.92. The molecule has 0 aliphatic heterocycles. The van der Waals surface area contributed by atoms with E-state index in [-0.39, 0.29) is 5.91 Å². The molecule has 8 heteroatoms. The predicted octanol–water partition coefficient (Wildman–Crippen LogP) is 1.56. The number of rotatable bonds is 7. The molecule has 1 N–H and O–H groups in total. The number of ether oxygens (including phenoxy) is 1. The Bertz CT molecular complexity index is 808. The number of pyridine rings is 1. The lowest BCUT2D eigenvalue weighted by Gasteiger charge is -2.18. The molecule has 1 aromatic carbocycles. The fourth-order valence-corrected chi connectivity index (χ4v) is 2.51. The van der Waals surface area contributed by atoms with Gasteiger partial charge < -0.3 is 10.1 Å². The van der Waals surface area contributed by atoms with Crippen LogP contribution in [0, 0.1) is 0 Å². The molecule has 0 saturated heterocycles. The van der Waals surface area contributed by atoms with E-state index >= 15 is 0 Å². The molecule has 25 heavy (non-hydrogen) atoms. The van der Waals surface area contributed by atoms with Crippen LogP contribution in [0.15, 0.2) is 48.7 Å². The monoisotopic (exact) mass is 363 g/mol. The molecule has 0 aliphatic carbocycles. The van der Waals surface area contributed by atoms with E-state index in [4.69, 9.17) is 4.74 Å². The fraction of sp³-hybridized carbons (Fsp3) is 0.294. The summed E-state index contributed by atoms with van der Waals surface area (Å²) in [7, 11) is -1.85. The van der Waals surface area contributed by atoms with Gasteiger partial charge in [-0.05, 0) is 43.3 Å². The van der Waals surface area contributed by atoms with Crippen LogP contribution in [0.2, 0.25) is 0 Å². The molecule has 0 spiro atoms. The highest BCUT2D eigenvalue weighted by Gasteiger charge is 2.15. The second kappa shape index (κ2) is 7.98. The number of anilines is 1. The number of hydrogen-bond acceptors (Lipinski definition) is 5. The Hall–Kier alpha value is -2.61. The van der Waals surface area contributed by atoms with Gasteiger partial charge in [-0.2, -0.15) is 0 Å². The summed E-state index contributed by atoms with van der Waals surface area (Å²) < 4.78 is 29.8. The van der Waals surface area contributed by atoms with E-state index in [0.717, 1.165) is 11.9 Å². The van der Waals surface area contributed by atoms with E-state index in [1.165, 1.54) is 11.4 Å². The largest absolute Gasteiger partial charge is 0.481 e. The van der Waals surface area contributed by atoms with Crippen molar-refractivity contribution in [1.29, 1.82) is 0 Å². The maximum atomic E-state index is 12.1. The van der Waals surface area contributed by atoms with E-state index in [1.54, 1.807) is 37.4 Å². The van der Waals surface area contributed by atoms with Crippen molar-refractivity contribution in [2.45, 2.75) is 19.6 Å². The van der Waals surface area contributed by atoms with Gasteiger partial charge in [0.25, 0.3) is 5.91 Å². The Morgan fingerprint density at radius 1 is 1.24 bits per heavy atom. The first-order valence-electron chi connectivity index (χ1n) is 7.65. The number of nitrogens with zero attached hydrogens (tertiary/aromatic N) is 2. The highest BCUT2D eigenvalue weighted by atomic mass is 32.2. The molecule has 1 amide bonds. The molecule has 7 nitrogen and oxygen atoms in total. The van der Waals surface area contributed by atoms with Crippen LogP contribution in [0.4, 0.5) is 5.69 Å². The molecular formula is C17H21N3O4S. The molecule has 134 valence electrons. The molecule has 0 saturated carbocycles. The average Bonchev–Trinajstić information content (AvgIpc) is 2.59. The number of carbonyl (C=O) groups excluding carboxylic acids is 1. The zero-order valence-electron chi connectivity index (χ0n) is 14.3. The third-order valence-electron chi connectivity index (χ3n) is 3.55. The van der Waals surface area contributed by atoms with Crippen LogP contribution >= 0.6 is 0 Å². The van der Waals surface area contributed by atoms with Crippen molar-refractivity contribution in [2.24, 2.45) is 0 Å². The van der Waals surface area contributed by atoms with Crippen molar-refractivity contribution in [3.8, 4) is 5.75 Å². The third kappa shape index (κ3) is 5.46. The van der Waals surface area contributed by atoms with Gasteiger partial charge in [0, 0.05) is 13.2 Å². The summed E-state index contributed by atoms with van der Waals surface area (Å²) in [4.78, 5) is 16.2. The van der Waals surface area contributed by atoms with Crippen molar-refractivity contribution in [3.05, 3.63) is 54.4 Å². The van der Waals surface area contributed by atoms with Crippen molar-refractivity contribution in [1.82, 2.24) is 10.3 Å². The predicted molar refractivity (Wildman–Crippen MR) is 95.9 cm³/mol. The Morgan fingerprint density at radius 2 is 1.92 bits per heavy atom. The number of hydrogen-bond donors (Lipinski definition) is 1. The summed E-state index contributed by atoms with van der Waals surface area (Å²) in [6, 6.07) is 12.0. The summed E-state index contributed by atoms with van der Waals surface area (Å²) in [5.41, 5.74) is 1.28. The van der Waals surface area contributed by atoms with E-state index in [0.29, 0.717) is 18.0 Å². The Balaban J connectivity index is 1.91. The number of carbonyl (C=O) groups is 1. The topological polar surface area (TPSA) is 88.6 Å². The number of sulfonamides is 1. The minimum atomic E-state index is -3.32. The van der Waals surface area contributed by atoms with Gasteiger partial charge in [-0.25, -0.2) is 8.42 Å². The smallest absolute Gasteiger partial charge is 0.261 e. The first-order chi connectivity index (χ1) is 11.8.